The molecular formula is C13H19N3O2. The summed E-state index contributed by atoms with van der Waals surface area (Å²) in [5.41, 5.74) is 7.73. The zero-order valence-electron chi connectivity index (χ0n) is 10.8. The number of hydrogen-bond acceptors (Lipinski definition) is 4. The fourth-order valence-corrected chi connectivity index (χ4v) is 2.39. The summed E-state index contributed by atoms with van der Waals surface area (Å²) in [5, 5.41) is 10.9. The molecule has 0 spiro atoms. The van der Waals surface area contributed by atoms with Gasteiger partial charge in [0.2, 0.25) is 0 Å². The van der Waals surface area contributed by atoms with Crippen LogP contribution in [-0.4, -0.2) is 24.6 Å². The molecule has 98 valence electrons. The maximum atomic E-state index is 10.9. The van der Waals surface area contributed by atoms with Crippen molar-refractivity contribution in [2.45, 2.75) is 25.8 Å². The van der Waals surface area contributed by atoms with Gasteiger partial charge in [-0.25, -0.2) is 0 Å². The smallest absolute Gasteiger partial charge is 0.271 e. The van der Waals surface area contributed by atoms with Crippen LogP contribution in [0.3, 0.4) is 0 Å². The van der Waals surface area contributed by atoms with Crippen LogP contribution in [0.25, 0.3) is 0 Å². The Morgan fingerprint density at radius 3 is 2.67 bits per heavy atom. The zero-order chi connectivity index (χ0) is 13.3. The fourth-order valence-electron chi connectivity index (χ4n) is 2.39. The molecule has 2 N–H and O–H groups in total. The molecule has 1 saturated carbocycles. The Kier molecular flexibility index (Phi) is 3.52. The Labute approximate surface area is 107 Å². The summed E-state index contributed by atoms with van der Waals surface area (Å²) in [4.78, 5) is 12.6. The van der Waals surface area contributed by atoms with Gasteiger partial charge >= 0.3 is 0 Å². The first-order valence-corrected chi connectivity index (χ1v) is 6.22. The minimum Gasteiger partial charge on any atom is -0.370 e. The van der Waals surface area contributed by atoms with Crippen molar-refractivity contribution in [1.82, 2.24) is 0 Å². The summed E-state index contributed by atoms with van der Waals surface area (Å²) >= 11 is 0. The standard InChI is InChI=1S/C13H19N3O2/c1-9-5-11(7-12(6-9)16(17)18)15(2)13(8-14)10-3-4-10/h5-7,10,13H,3-4,8,14H2,1-2H3. The highest BCUT2D eigenvalue weighted by Crippen LogP contribution is 2.36. The molecule has 0 aromatic heterocycles. The molecule has 1 fully saturated rings. The van der Waals surface area contributed by atoms with E-state index in [0.717, 1.165) is 11.3 Å². The molecule has 0 radical (unpaired) electrons. The molecule has 0 heterocycles. The molecule has 0 amide bonds. The molecule has 1 aromatic rings. The third kappa shape index (κ3) is 2.61. The van der Waals surface area contributed by atoms with E-state index < -0.39 is 0 Å². The van der Waals surface area contributed by atoms with Crippen LogP contribution in [0.4, 0.5) is 11.4 Å². The summed E-state index contributed by atoms with van der Waals surface area (Å²) in [5.74, 6) is 0.638. The number of hydrogen-bond donors (Lipinski definition) is 1. The van der Waals surface area contributed by atoms with Crippen molar-refractivity contribution < 1.29 is 4.92 Å². The molecule has 1 aliphatic rings. The Hall–Kier alpha value is -1.62. The van der Waals surface area contributed by atoms with Crippen molar-refractivity contribution in [3.05, 3.63) is 33.9 Å². The lowest BCUT2D eigenvalue weighted by molar-refractivity contribution is -0.384. The van der Waals surface area contributed by atoms with Crippen molar-refractivity contribution in [3.63, 3.8) is 0 Å². The van der Waals surface area contributed by atoms with E-state index in [9.17, 15) is 10.1 Å². The van der Waals surface area contributed by atoms with Crippen molar-refractivity contribution in [1.29, 1.82) is 0 Å². The average Bonchev–Trinajstić information content (AvgIpc) is 3.13. The van der Waals surface area contributed by atoms with E-state index in [1.807, 2.05) is 20.0 Å². The fraction of sp³-hybridized carbons (Fsp3) is 0.538. The zero-order valence-corrected chi connectivity index (χ0v) is 10.8. The van der Waals surface area contributed by atoms with Gasteiger partial charge in [0, 0.05) is 37.5 Å². The maximum Gasteiger partial charge on any atom is 0.271 e. The van der Waals surface area contributed by atoms with Crippen LogP contribution in [0.15, 0.2) is 18.2 Å². The van der Waals surface area contributed by atoms with E-state index in [2.05, 4.69) is 4.90 Å². The number of rotatable bonds is 5. The normalized spacial score (nSPS) is 16.4. The van der Waals surface area contributed by atoms with Crippen LogP contribution in [-0.2, 0) is 0 Å². The van der Waals surface area contributed by atoms with Crippen LogP contribution in [0.1, 0.15) is 18.4 Å². The SMILES string of the molecule is Cc1cc(N(C)C(CN)C2CC2)cc([N+](=O)[O-])c1. The number of anilines is 1. The number of nitro groups is 1. The first-order chi connectivity index (χ1) is 8.52. The lowest BCUT2D eigenvalue weighted by atomic mass is 10.1. The van der Waals surface area contributed by atoms with Gasteiger partial charge in [-0.1, -0.05) is 0 Å². The Morgan fingerprint density at radius 1 is 1.50 bits per heavy atom. The first kappa shape index (κ1) is 12.8. The molecule has 0 aliphatic heterocycles. The number of benzene rings is 1. The van der Waals surface area contributed by atoms with Gasteiger partial charge in [-0.15, -0.1) is 0 Å². The lowest BCUT2D eigenvalue weighted by Gasteiger charge is -2.29. The van der Waals surface area contributed by atoms with Gasteiger partial charge in [-0.3, -0.25) is 10.1 Å². The van der Waals surface area contributed by atoms with Crippen molar-refractivity contribution >= 4 is 11.4 Å². The minimum atomic E-state index is -0.348. The van der Waals surface area contributed by atoms with E-state index in [4.69, 9.17) is 5.73 Å². The molecule has 1 aromatic carbocycles. The lowest BCUT2D eigenvalue weighted by Crippen LogP contribution is -2.39. The highest BCUT2D eigenvalue weighted by molar-refractivity contribution is 5.56. The quantitative estimate of drug-likeness (QED) is 0.640. The number of nitrogens with two attached hydrogens (primary N) is 1. The number of non-ortho nitro benzene ring substituents is 1. The summed E-state index contributed by atoms with van der Waals surface area (Å²) in [6.07, 6.45) is 2.42. The van der Waals surface area contributed by atoms with Crippen molar-refractivity contribution in [2.24, 2.45) is 11.7 Å². The van der Waals surface area contributed by atoms with Gasteiger partial charge in [-0.2, -0.15) is 0 Å². The molecule has 1 aliphatic carbocycles. The van der Waals surface area contributed by atoms with Crippen molar-refractivity contribution in [3.8, 4) is 0 Å². The van der Waals surface area contributed by atoms with E-state index in [-0.39, 0.29) is 16.7 Å². The number of nitro benzene ring substituents is 1. The summed E-state index contributed by atoms with van der Waals surface area (Å²) < 4.78 is 0. The Morgan fingerprint density at radius 2 is 2.17 bits per heavy atom. The van der Waals surface area contributed by atoms with E-state index >= 15 is 0 Å². The first-order valence-electron chi connectivity index (χ1n) is 6.22. The van der Waals surface area contributed by atoms with Crippen molar-refractivity contribution in [2.75, 3.05) is 18.5 Å². The molecule has 0 bridgehead atoms. The van der Waals surface area contributed by atoms with Gasteiger partial charge in [0.1, 0.15) is 0 Å². The molecule has 18 heavy (non-hydrogen) atoms. The van der Waals surface area contributed by atoms with Gasteiger partial charge < -0.3 is 10.6 Å². The third-order valence-electron chi connectivity index (χ3n) is 3.57. The number of nitrogens with zero attached hydrogens (tertiary/aromatic N) is 2. The second-order valence-corrected chi connectivity index (χ2v) is 5.04. The van der Waals surface area contributed by atoms with Gasteiger partial charge in [0.25, 0.3) is 5.69 Å². The molecular weight excluding hydrogens is 230 g/mol. The Balaban J connectivity index is 2.28. The molecule has 5 nitrogen and oxygen atoms in total. The van der Waals surface area contributed by atoms with E-state index in [1.165, 1.54) is 12.8 Å². The topological polar surface area (TPSA) is 72.4 Å². The van der Waals surface area contributed by atoms with Crippen LogP contribution in [0.2, 0.25) is 0 Å². The third-order valence-corrected chi connectivity index (χ3v) is 3.57. The Bertz CT molecular complexity index is 458. The average molecular weight is 249 g/mol. The number of likely N-dealkylation sites (N-methyl/N-ethyl adjacent to an activating group) is 1. The predicted octanol–water partition coefficient (Wildman–Crippen LogP) is 2.08. The second-order valence-electron chi connectivity index (χ2n) is 5.04. The highest BCUT2D eigenvalue weighted by Gasteiger charge is 2.33. The molecule has 2 rings (SSSR count). The van der Waals surface area contributed by atoms with Gasteiger partial charge in [-0.05, 0) is 37.3 Å². The largest absolute Gasteiger partial charge is 0.370 e. The number of aryl methyl sites for hydroxylation is 1. The van der Waals surface area contributed by atoms with Gasteiger partial charge in [0.15, 0.2) is 0 Å². The molecule has 1 unspecified atom stereocenters. The predicted molar refractivity (Wildman–Crippen MR) is 71.8 cm³/mol. The van der Waals surface area contributed by atoms with Crippen LogP contribution < -0.4 is 10.6 Å². The molecule has 1 atom stereocenters. The summed E-state index contributed by atoms with van der Waals surface area (Å²) in [6, 6.07) is 5.47. The molecule has 5 heteroatoms. The van der Waals surface area contributed by atoms with Crippen LogP contribution in [0.5, 0.6) is 0 Å². The summed E-state index contributed by atoms with van der Waals surface area (Å²) in [6.45, 7) is 2.46. The summed E-state index contributed by atoms with van der Waals surface area (Å²) in [7, 11) is 1.97. The van der Waals surface area contributed by atoms with Crippen LogP contribution in [0, 0.1) is 23.0 Å². The monoisotopic (exact) mass is 249 g/mol. The highest BCUT2D eigenvalue weighted by atomic mass is 16.6. The van der Waals surface area contributed by atoms with E-state index in [1.54, 1.807) is 12.1 Å². The molecule has 0 saturated heterocycles. The maximum absolute atomic E-state index is 10.9. The van der Waals surface area contributed by atoms with Crippen LogP contribution >= 0.6 is 0 Å². The minimum absolute atomic E-state index is 0.142. The van der Waals surface area contributed by atoms with Gasteiger partial charge in [0.05, 0.1) is 4.92 Å². The van der Waals surface area contributed by atoms with E-state index in [0.29, 0.717) is 12.5 Å². The second kappa shape index (κ2) is 4.94.